The van der Waals surface area contributed by atoms with Crippen LogP contribution in [0.2, 0.25) is 0 Å². The number of likely N-dealkylation sites (N-methyl/N-ethyl adjacent to an activating group) is 1. The summed E-state index contributed by atoms with van der Waals surface area (Å²) < 4.78 is 34.3. The Kier molecular flexibility index (Phi) is 55.5. The third kappa shape index (κ3) is 60.0. The largest absolute Gasteiger partial charge is 0.756 e. The molecular weight excluding hydrogens is 942 g/mol. The summed E-state index contributed by atoms with van der Waals surface area (Å²) in [4.78, 5) is 37.9. The number of hydrogen-bond acceptors (Lipinski definition) is 8. The second-order valence-corrected chi connectivity index (χ2v) is 24.9. The van der Waals surface area contributed by atoms with Gasteiger partial charge in [-0.25, -0.2) is 0 Å². The summed E-state index contributed by atoms with van der Waals surface area (Å²) in [6.07, 6.45) is 67.1. The number of rotatable bonds is 61. The molecule has 2 atom stereocenters. The molecule has 0 aliphatic carbocycles. The third-order valence-electron chi connectivity index (χ3n) is 14.8. The molecule has 0 aliphatic rings. The van der Waals surface area contributed by atoms with Crippen LogP contribution >= 0.6 is 7.82 Å². The maximum absolute atomic E-state index is 12.8. The van der Waals surface area contributed by atoms with E-state index in [0.717, 1.165) is 38.5 Å². The molecule has 0 aromatic carbocycles. The van der Waals surface area contributed by atoms with Crippen molar-refractivity contribution in [2.45, 2.75) is 341 Å². The predicted octanol–water partition coefficient (Wildman–Crippen LogP) is 19.8. The lowest BCUT2D eigenvalue weighted by Crippen LogP contribution is -2.37. The molecule has 10 heteroatoms. The summed E-state index contributed by atoms with van der Waals surface area (Å²) in [5.74, 6) is -0.814. The number of ether oxygens (including phenoxy) is 2. The lowest BCUT2D eigenvalue weighted by atomic mass is 10.0. The Bertz CT molecular complexity index is 1260. The topological polar surface area (TPSA) is 111 Å². The molecule has 0 N–H and O–H groups in total. The highest BCUT2D eigenvalue weighted by atomic mass is 31.2. The summed E-state index contributed by atoms with van der Waals surface area (Å²) in [6.45, 7) is 4.31. The molecular formula is C64H126NO8P. The highest BCUT2D eigenvalue weighted by molar-refractivity contribution is 7.45. The first-order chi connectivity index (χ1) is 36.0. The molecule has 0 rings (SSSR count). The molecule has 2 unspecified atom stereocenters. The average molecular weight is 1070 g/mol. The summed E-state index contributed by atoms with van der Waals surface area (Å²) in [5.41, 5.74) is 0. The van der Waals surface area contributed by atoms with E-state index in [1.807, 2.05) is 21.1 Å². The van der Waals surface area contributed by atoms with Gasteiger partial charge < -0.3 is 27.9 Å². The smallest absolute Gasteiger partial charge is 0.306 e. The first-order valence-electron chi connectivity index (χ1n) is 32.4. The average Bonchev–Trinajstić information content (AvgIpc) is 3.36. The second kappa shape index (κ2) is 56.5. The Balaban J connectivity index is 4.02. The minimum Gasteiger partial charge on any atom is -0.756 e. The van der Waals surface area contributed by atoms with Crippen molar-refractivity contribution in [2.24, 2.45) is 0 Å². The summed E-state index contributed by atoms with van der Waals surface area (Å²) in [6, 6.07) is 0. The van der Waals surface area contributed by atoms with Gasteiger partial charge in [-0.3, -0.25) is 14.2 Å². The molecule has 440 valence electrons. The molecule has 0 radical (unpaired) electrons. The Hall–Kier alpha value is -1.25. The fourth-order valence-electron chi connectivity index (χ4n) is 9.77. The van der Waals surface area contributed by atoms with Gasteiger partial charge in [0, 0.05) is 12.8 Å². The van der Waals surface area contributed by atoms with Gasteiger partial charge in [0.1, 0.15) is 19.8 Å². The fraction of sp³-hybridized carbons (Fsp3) is 0.938. The van der Waals surface area contributed by atoms with Crippen molar-refractivity contribution in [3.63, 3.8) is 0 Å². The second-order valence-electron chi connectivity index (χ2n) is 23.5. The Morgan fingerprint density at radius 3 is 1.00 bits per heavy atom. The quantitative estimate of drug-likeness (QED) is 0.0195. The Morgan fingerprint density at radius 1 is 0.405 bits per heavy atom. The summed E-state index contributed by atoms with van der Waals surface area (Å²) >= 11 is 0. The molecule has 0 aromatic rings. The van der Waals surface area contributed by atoms with Gasteiger partial charge in [0.2, 0.25) is 0 Å². The van der Waals surface area contributed by atoms with Crippen LogP contribution in [0.3, 0.4) is 0 Å². The maximum Gasteiger partial charge on any atom is 0.306 e. The Morgan fingerprint density at radius 2 is 0.689 bits per heavy atom. The normalized spacial score (nSPS) is 13.2. The Labute approximate surface area is 460 Å². The minimum atomic E-state index is -4.63. The molecule has 0 fully saturated rings. The van der Waals surface area contributed by atoms with E-state index in [2.05, 4.69) is 26.0 Å². The molecule has 0 aliphatic heterocycles. The maximum atomic E-state index is 12.8. The van der Waals surface area contributed by atoms with E-state index in [1.54, 1.807) is 0 Å². The summed E-state index contributed by atoms with van der Waals surface area (Å²) in [7, 11) is 1.19. The van der Waals surface area contributed by atoms with E-state index in [4.69, 9.17) is 18.5 Å². The van der Waals surface area contributed by atoms with Crippen molar-refractivity contribution in [3.8, 4) is 0 Å². The molecule has 0 aromatic heterocycles. The SMILES string of the molecule is CCCCCCCCCC/C=C\CCCCCCCCCCCC(=O)OC(COC(=O)CCCCCCCCCCCCCCCCCCCCCCCCCCCCCCC)COP(=O)([O-])OCC[N+](C)(C)C. The zero-order valence-corrected chi connectivity index (χ0v) is 51.0. The minimum absolute atomic E-state index is 0.0273. The number of carbonyl (C=O) groups is 2. The van der Waals surface area contributed by atoms with Crippen LogP contribution in [0.1, 0.15) is 335 Å². The number of allylic oxidation sites excluding steroid dienone is 2. The van der Waals surface area contributed by atoms with E-state index < -0.39 is 26.5 Å². The monoisotopic (exact) mass is 1070 g/mol. The van der Waals surface area contributed by atoms with Crippen LogP contribution in [0, 0.1) is 0 Å². The molecule has 0 amide bonds. The molecule has 0 saturated heterocycles. The highest BCUT2D eigenvalue weighted by Crippen LogP contribution is 2.38. The summed E-state index contributed by atoms with van der Waals surface area (Å²) in [5, 5.41) is 0. The number of carbonyl (C=O) groups excluding carboxylic acids is 2. The molecule has 0 spiro atoms. The number of quaternary nitrogens is 1. The fourth-order valence-corrected chi connectivity index (χ4v) is 10.5. The van der Waals surface area contributed by atoms with Crippen LogP contribution in [-0.2, 0) is 32.7 Å². The van der Waals surface area contributed by atoms with Crippen molar-refractivity contribution >= 4 is 19.8 Å². The molecule has 74 heavy (non-hydrogen) atoms. The number of phosphoric acid groups is 1. The van der Waals surface area contributed by atoms with Crippen molar-refractivity contribution in [3.05, 3.63) is 12.2 Å². The zero-order valence-electron chi connectivity index (χ0n) is 50.1. The highest BCUT2D eigenvalue weighted by Gasteiger charge is 2.22. The van der Waals surface area contributed by atoms with E-state index >= 15 is 0 Å². The first-order valence-corrected chi connectivity index (χ1v) is 33.9. The van der Waals surface area contributed by atoms with E-state index in [9.17, 15) is 19.0 Å². The van der Waals surface area contributed by atoms with Crippen LogP contribution in [0.25, 0.3) is 0 Å². The number of phosphoric ester groups is 1. The van der Waals surface area contributed by atoms with Crippen molar-refractivity contribution in [2.75, 3.05) is 47.5 Å². The van der Waals surface area contributed by atoms with Gasteiger partial charge >= 0.3 is 11.9 Å². The lowest BCUT2D eigenvalue weighted by Gasteiger charge is -2.28. The van der Waals surface area contributed by atoms with E-state index in [-0.39, 0.29) is 32.0 Å². The van der Waals surface area contributed by atoms with Gasteiger partial charge in [-0.05, 0) is 38.5 Å². The molecule has 0 bridgehead atoms. The first kappa shape index (κ1) is 72.8. The van der Waals surface area contributed by atoms with E-state index in [1.165, 1.54) is 263 Å². The van der Waals surface area contributed by atoms with Crippen molar-refractivity contribution < 1.29 is 42.1 Å². The van der Waals surface area contributed by atoms with Gasteiger partial charge in [-0.15, -0.1) is 0 Å². The standard InChI is InChI=1S/C64H126NO8P/c1-6-8-10-12-14-16-18-20-22-24-26-28-29-30-31-32-33-34-35-37-38-40-42-44-46-48-50-52-54-56-63(66)70-60-62(61-72-74(68,69)71-59-58-65(3,4)5)73-64(67)57-55-53-51-49-47-45-43-41-39-36-27-25-23-21-19-17-15-13-11-9-7-2/h25,27,62H,6-24,26,28-61H2,1-5H3/b27-25-. The lowest BCUT2D eigenvalue weighted by molar-refractivity contribution is -0.870. The van der Waals surface area contributed by atoms with Crippen molar-refractivity contribution in [1.82, 2.24) is 0 Å². The van der Waals surface area contributed by atoms with Crippen LogP contribution in [-0.4, -0.2) is 70.0 Å². The van der Waals surface area contributed by atoms with Gasteiger partial charge in [0.25, 0.3) is 7.82 Å². The predicted molar refractivity (Wildman–Crippen MR) is 315 cm³/mol. The number of nitrogens with zero attached hydrogens (tertiary/aromatic N) is 1. The van der Waals surface area contributed by atoms with Crippen LogP contribution in [0.4, 0.5) is 0 Å². The zero-order chi connectivity index (χ0) is 54.2. The van der Waals surface area contributed by atoms with Crippen LogP contribution in [0.5, 0.6) is 0 Å². The molecule has 9 nitrogen and oxygen atoms in total. The molecule has 0 heterocycles. The molecule has 0 saturated carbocycles. The number of unbranched alkanes of at least 4 members (excludes halogenated alkanes) is 45. The van der Waals surface area contributed by atoms with Gasteiger partial charge in [0.15, 0.2) is 6.10 Å². The number of hydrogen-bond donors (Lipinski definition) is 0. The van der Waals surface area contributed by atoms with Crippen LogP contribution < -0.4 is 4.89 Å². The van der Waals surface area contributed by atoms with Gasteiger partial charge in [0.05, 0.1) is 27.7 Å². The third-order valence-corrected chi connectivity index (χ3v) is 15.7. The number of esters is 2. The van der Waals surface area contributed by atoms with Crippen molar-refractivity contribution in [1.29, 1.82) is 0 Å². The van der Waals surface area contributed by atoms with Gasteiger partial charge in [-0.1, -0.05) is 296 Å². The van der Waals surface area contributed by atoms with Gasteiger partial charge in [-0.2, -0.15) is 0 Å². The van der Waals surface area contributed by atoms with Crippen LogP contribution in [0.15, 0.2) is 12.2 Å². The van der Waals surface area contributed by atoms with E-state index in [0.29, 0.717) is 17.4 Å².